The SMILES string of the molecule is CCc1ccc(OCc2ccc(C(C)C)nc2)c(OC)c1. The fourth-order valence-electron chi connectivity index (χ4n) is 2.08. The predicted molar refractivity (Wildman–Crippen MR) is 85.0 cm³/mol. The fourth-order valence-corrected chi connectivity index (χ4v) is 2.08. The minimum absolute atomic E-state index is 0.446. The summed E-state index contributed by atoms with van der Waals surface area (Å²) in [5, 5.41) is 0. The highest BCUT2D eigenvalue weighted by Gasteiger charge is 2.06. The second-order valence-electron chi connectivity index (χ2n) is 5.37. The lowest BCUT2D eigenvalue weighted by molar-refractivity contribution is 0.284. The maximum atomic E-state index is 5.85. The first-order chi connectivity index (χ1) is 10.1. The zero-order valence-corrected chi connectivity index (χ0v) is 13.2. The second kappa shape index (κ2) is 7.11. The van der Waals surface area contributed by atoms with Gasteiger partial charge in [0.05, 0.1) is 7.11 Å². The van der Waals surface area contributed by atoms with Gasteiger partial charge in [-0.2, -0.15) is 0 Å². The summed E-state index contributed by atoms with van der Waals surface area (Å²) in [7, 11) is 1.67. The molecule has 0 saturated heterocycles. The zero-order chi connectivity index (χ0) is 15.2. The monoisotopic (exact) mass is 285 g/mol. The normalized spacial score (nSPS) is 10.7. The third-order valence-electron chi connectivity index (χ3n) is 3.47. The average molecular weight is 285 g/mol. The van der Waals surface area contributed by atoms with Crippen molar-refractivity contribution >= 4 is 0 Å². The van der Waals surface area contributed by atoms with Gasteiger partial charge in [0.2, 0.25) is 0 Å². The summed E-state index contributed by atoms with van der Waals surface area (Å²) in [5.74, 6) is 1.99. The van der Waals surface area contributed by atoms with Crippen LogP contribution in [0.2, 0.25) is 0 Å². The van der Waals surface area contributed by atoms with Gasteiger partial charge in [0.25, 0.3) is 0 Å². The number of nitrogens with zero attached hydrogens (tertiary/aromatic N) is 1. The molecule has 0 unspecified atom stereocenters. The van der Waals surface area contributed by atoms with Gasteiger partial charge in [-0.3, -0.25) is 4.98 Å². The van der Waals surface area contributed by atoms with E-state index >= 15 is 0 Å². The predicted octanol–water partition coefficient (Wildman–Crippen LogP) is 4.36. The van der Waals surface area contributed by atoms with Crippen LogP contribution < -0.4 is 9.47 Å². The van der Waals surface area contributed by atoms with Crippen LogP contribution in [0.3, 0.4) is 0 Å². The van der Waals surface area contributed by atoms with Crippen LogP contribution >= 0.6 is 0 Å². The molecule has 3 heteroatoms. The van der Waals surface area contributed by atoms with Crippen molar-refractivity contribution in [3.8, 4) is 11.5 Å². The van der Waals surface area contributed by atoms with Gasteiger partial charge in [0.15, 0.2) is 11.5 Å². The molecule has 0 spiro atoms. The van der Waals surface area contributed by atoms with Gasteiger partial charge in [-0.05, 0) is 36.1 Å². The maximum Gasteiger partial charge on any atom is 0.161 e. The van der Waals surface area contributed by atoms with Gasteiger partial charge in [0.1, 0.15) is 6.61 Å². The van der Waals surface area contributed by atoms with E-state index in [1.165, 1.54) is 5.56 Å². The number of hydrogen-bond donors (Lipinski definition) is 0. The standard InChI is InChI=1S/C18H23NO2/c1-5-14-7-9-17(18(10-14)20-4)21-12-15-6-8-16(13(2)3)19-11-15/h6-11,13H,5,12H2,1-4H3. The molecule has 21 heavy (non-hydrogen) atoms. The molecule has 0 saturated carbocycles. The van der Waals surface area contributed by atoms with Gasteiger partial charge >= 0.3 is 0 Å². The molecular formula is C18H23NO2. The summed E-state index contributed by atoms with van der Waals surface area (Å²) in [4.78, 5) is 4.45. The van der Waals surface area contributed by atoms with E-state index in [0.29, 0.717) is 12.5 Å². The summed E-state index contributed by atoms with van der Waals surface area (Å²) < 4.78 is 11.2. The first-order valence-corrected chi connectivity index (χ1v) is 7.38. The topological polar surface area (TPSA) is 31.4 Å². The number of ether oxygens (including phenoxy) is 2. The highest BCUT2D eigenvalue weighted by atomic mass is 16.5. The molecule has 2 aromatic rings. The Kier molecular flexibility index (Phi) is 5.20. The Labute approximate surface area is 126 Å². The Balaban J connectivity index is 2.05. The van der Waals surface area contributed by atoms with E-state index in [1.807, 2.05) is 18.3 Å². The van der Waals surface area contributed by atoms with E-state index in [0.717, 1.165) is 29.2 Å². The van der Waals surface area contributed by atoms with Crippen molar-refractivity contribution in [3.05, 3.63) is 53.3 Å². The van der Waals surface area contributed by atoms with Crippen molar-refractivity contribution in [2.24, 2.45) is 0 Å². The van der Waals surface area contributed by atoms with E-state index < -0.39 is 0 Å². The highest BCUT2D eigenvalue weighted by Crippen LogP contribution is 2.29. The molecule has 0 aliphatic rings. The van der Waals surface area contributed by atoms with Gasteiger partial charge in [-0.25, -0.2) is 0 Å². The minimum Gasteiger partial charge on any atom is -0.493 e. The third-order valence-corrected chi connectivity index (χ3v) is 3.47. The van der Waals surface area contributed by atoms with Gasteiger partial charge in [0, 0.05) is 17.5 Å². The maximum absolute atomic E-state index is 5.85. The van der Waals surface area contributed by atoms with Crippen molar-refractivity contribution in [2.75, 3.05) is 7.11 Å². The van der Waals surface area contributed by atoms with Crippen LogP contribution in [0.5, 0.6) is 11.5 Å². The molecule has 0 aliphatic carbocycles. The number of methoxy groups -OCH3 is 1. The number of rotatable bonds is 6. The van der Waals surface area contributed by atoms with Crippen LogP contribution in [0.15, 0.2) is 36.5 Å². The van der Waals surface area contributed by atoms with E-state index in [-0.39, 0.29) is 0 Å². The fraction of sp³-hybridized carbons (Fsp3) is 0.389. The van der Waals surface area contributed by atoms with Crippen molar-refractivity contribution in [1.29, 1.82) is 0 Å². The third kappa shape index (κ3) is 3.97. The molecule has 112 valence electrons. The average Bonchev–Trinajstić information content (AvgIpc) is 2.53. The Morgan fingerprint density at radius 2 is 1.81 bits per heavy atom. The smallest absolute Gasteiger partial charge is 0.161 e. The second-order valence-corrected chi connectivity index (χ2v) is 5.37. The van der Waals surface area contributed by atoms with Crippen LogP contribution in [0.25, 0.3) is 0 Å². The van der Waals surface area contributed by atoms with Crippen LogP contribution in [0.4, 0.5) is 0 Å². The Hall–Kier alpha value is -2.03. The summed E-state index contributed by atoms with van der Waals surface area (Å²) in [6.07, 6.45) is 2.86. The van der Waals surface area contributed by atoms with Crippen LogP contribution in [-0.2, 0) is 13.0 Å². The van der Waals surface area contributed by atoms with Crippen LogP contribution in [0.1, 0.15) is 43.5 Å². The number of aryl methyl sites for hydroxylation is 1. The number of aromatic nitrogens is 1. The molecular weight excluding hydrogens is 262 g/mol. The molecule has 1 aromatic carbocycles. The quantitative estimate of drug-likeness (QED) is 0.790. The molecule has 0 radical (unpaired) electrons. The number of hydrogen-bond acceptors (Lipinski definition) is 3. The lowest BCUT2D eigenvalue weighted by Gasteiger charge is -2.12. The van der Waals surface area contributed by atoms with E-state index in [9.17, 15) is 0 Å². The van der Waals surface area contributed by atoms with Gasteiger partial charge in [-0.1, -0.05) is 32.9 Å². The number of pyridine rings is 1. The summed E-state index contributed by atoms with van der Waals surface area (Å²) in [6.45, 7) is 6.89. The first kappa shape index (κ1) is 15.4. The van der Waals surface area contributed by atoms with Crippen LogP contribution in [-0.4, -0.2) is 12.1 Å². The van der Waals surface area contributed by atoms with E-state index in [1.54, 1.807) is 7.11 Å². The molecule has 1 aromatic heterocycles. The lowest BCUT2D eigenvalue weighted by Crippen LogP contribution is -2.00. The molecule has 0 atom stereocenters. The molecule has 1 heterocycles. The zero-order valence-electron chi connectivity index (χ0n) is 13.2. The molecule has 0 bridgehead atoms. The molecule has 0 aliphatic heterocycles. The Morgan fingerprint density at radius 1 is 1.05 bits per heavy atom. The van der Waals surface area contributed by atoms with Gasteiger partial charge in [-0.15, -0.1) is 0 Å². The van der Waals surface area contributed by atoms with E-state index in [2.05, 4.69) is 44.0 Å². The first-order valence-electron chi connectivity index (χ1n) is 7.38. The minimum atomic E-state index is 0.446. The highest BCUT2D eigenvalue weighted by molar-refractivity contribution is 5.43. The Bertz CT molecular complexity index is 576. The lowest BCUT2D eigenvalue weighted by atomic mass is 10.1. The molecule has 2 rings (SSSR count). The summed E-state index contributed by atoms with van der Waals surface area (Å²) in [6, 6.07) is 10.2. The van der Waals surface area contributed by atoms with Gasteiger partial charge < -0.3 is 9.47 Å². The molecule has 0 fully saturated rings. The van der Waals surface area contributed by atoms with Crippen molar-refractivity contribution < 1.29 is 9.47 Å². The van der Waals surface area contributed by atoms with Crippen molar-refractivity contribution in [1.82, 2.24) is 4.98 Å². The molecule has 0 amide bonds. The van der Waals surface area contributed by atoms with Crippen LogP contribution in [0, 0.1) is 0 Å². The van der Waals surface area contributed by atoms with E-state index in [4.69, 9.17) is 9.47 Å². The molecule has 0 N–H and O–H groups in total. The number of benzene rings is 1. The van der Waals surface area contributed by atoms with Crippen molar-refractivity contribution in [3.63, 3.8) is 0 Å². The Morgan fingerprint density at radius 3 is 2.38 bits per heavy atom. The summed E-state index contributed by atoms with van der Waals surface area (Å²) in [5.41, 5.74) is 3.40. The molecule has 3 nitrogen and oxygen atoms in total. The summed E-state index contributed by atoms with van der Waals surface area (Å²) >= 11 is 0. The largest absolute Gasteiger partial charge is 0.493 e. The van der Waals surface area contributed by atoms with Crippen molar-refractivity contribution in [2.45, 2.75) is 39.7 Å².